The second kappa shape index (κ2) is 4.76. The zero-order valence-corrected chi connectivity index (χ0v) is 9.66. The number of anilines is 2. The van der Waals surface area contributed by atoms with Gasteiger partial charge in [0, 0.05) is 31.7 Å². The molecule has 2 N–H and O–H groups in total. The van der Waals surface area contributed by atoms with Crippen LogP contribution in [0.4, 0.5) is 11.1 Å². The van der Waals surface area contributed by atoms with E-state index in [0.29, 0.717) is 11.9 Å². The molecule has 2 rings (SSSR count). The molecule has 1 aliphatic rings. The topological polar surface area (TPSA) is 64.3 Å². The number of rotatable bonds is 3. The van der Waals surface area contributed by atoms with Crippen LogP contribution in [0.5, 0.6) is 0 Å². The summed E-state index contributed by atoms with van der Waals surface area (Å²) in [6.45, 7) is 2.74. The van der Waals surface area contributed by atoms with Gasteiger partial charge in [-0.2, -0.15) is 9.36 Å². The monoisotopic (exact) mass is 228 g/mol. The molecule has 1 aliphatic heterocycles. The summed E-state index contributed by atoms with van der Waals surface area (Å²) in [6, 6.07) is 0. The molecule has 1 fully saturated rings. The zero-order valence-electron chi connectivity index (χ0n) is 8.85. The molecule has 5 nitrogen and oxygen atoms in total. The van der Waals surface area contributed by atoms with Crippen molar-refractivity contribution < 1.29 is 4.74 Å². The molecule has 0 spiro atoms. The molecule has 0 aromatic carbocycles. The molecule has 84 valence electrons. The quantitative estimate of drug-likeness (QED) is 0.835. The number of ether oxygens (including phenoxy) is 1. The summed E-state index contributed by atoms with van der Waals surface area (Å²) >= 11 is 1.35. The summed E-state index contributed by atoms with van der Waals surface area (Å²) < 4.78 is 9.41. The van der Waals surface area contributed by atoms with Gasteiger partial charge in [0.25, 0.3) is 0 Å². The zero-order chi connectivity index (χ0) is 10.7. The van der Waals surface area contributed by atoms with Crippen LogP contribution >= 0.6 is 11.5 Å². The molecule has 1 atom stereocenters. The minimum atomic E-state index is 0.363. The van der Waals surface area contributed by atoms with E-state index in [9.17, 15) is 0 Å². The van der Waals surface area contributed by atoms with Crippen molar-refractivity contribution in [3.8, 4) is 0 Å². The van der Waals surface area contributed by atoms with Crippen molar-refractivity contribution in [2.75, 3.05) is 37.4 Å². The van der Waals surface area contributed by atoms with Gasteiger partial charge in [0.1, 0.15) is 0 Å². The van der Waals surface area contributed by atoms with E-state index < -0.39 is 0 Å². The third-order valence-electron chi connectivity index (χ3n) is 2.54. The first kappa shape index (κ1) is 10.6. The van der Waals surface area contributed by atoms with Gasteiger partial charge in [-0.25, -0.2) is 0 Å². The fraction of sp³-hybridized carbons (Fsp3) is 0.778. The number of nitrogens with two attached hydrogens (primary N) is 1. The van der Waals surface area contributed by atoms with E-state index in [-0.39, 0.29) is 0 Å². The number of nitrogens with zero attached hydrogens (tertiary/aromatic N) is 3. The highest BCUT2D eigenvalue weighted by atomic mass is 32.1. The molecule has 0 radical (unpaired) electrons. The van der Waals surface area contributed by atoms with E-state index in [1.54, 1.807) is 0 Å². The number of aromatic nitrogens is 2. The fourth-order valence-electron chi connectivity index (χ4n) is 1.80. The summed E-state index contributed by atoms with van der Waals surface area (Å²) in [5.41, 5.74) is 5.49. The van der Waals surface area contributed by atoms with Gasteiger partial charge in [-0.15, -0.1) is 0 Å². The van der Waals surface area contributed by atoms with Crippen molar-refractivity contribution in [2.24, 2.45) is 5.92 Å². The Labute approximate surface area is 93.4 Å². The van der Waals surface area contributed by atoms with E-state index in [2.05, 4.69) is 14.3 Å². The van der Waals surface area contributed by atoms with Gasteiger partial charge in [0.2, 0.25) is 11.1 Å². The van der Waals surface area contributed by atoms with Crippen LogP contribution in [0, 0.1) is 5.92 Å². The molecule has 0 bridgehead atoms. The summed E-state index contributed by atoms with van der Waals surface area (Å²) in [5, 5.41) is 0.887. The summed E-state index contributed by atoms with van der Waals surface area (Å²) in [6.07, 6.45) is 2.40. The molecule has 1 unspecified atom stereocenters. The molecule has 1 aromatic rings. The van der Waals surface area contributed by atoms with Gasteiger partial charge >= 0.3 is 0 Å². The first-order chi connectivity index (χ1) is 7.25. The lowest BCUT2D eigenvalue weighted by molar-refractivity contribution is 0.0576. The number of hydrogen-bond acceptors (Lipinski definition) is 6. The van der Waals surface area contributed by atoms with Crippen LogP contribution in [-0.4, -0.2) is 36.2 Å². The van der Waals surface area contributed by atoms with E-state index in [0.717, 1.165) is 31.3 Å². The standard InChI is InChI=1S/C9H16N4OS/c1-13(9-11-8(10)12-15-9)5-7-3-2-4-14-6-7/h7H,2-6H2,1H3,(H2,10,12). The molecule has 2 heterocycles. The molecule has 6 heteroatoms. The molecular weight excluding hydrogens is 212 g/mol. The van der Waals surface area contributed by atoms with Crippen LogP contribution in [0.2, 0.25) is 0 Å². The van der Waals surface area contributed by atoms with Gasteiger partial charge in [-0.1, -0.05) is 0 Å². The molecule has 15 heavy (non-hydrogen) atoms. The second-order valence-electron chi connectivity index (χ2n) is 3.90. The predicted octanol–water partition coefficient (Wildman–Crippen LogP) is 0.983. The smallest absolute Gasteiger partial charge is 0.233 e. The highest BCUT2D eigenvalue weighted by Gasteiger charge is 2.17. The molecule has 0 aliphatic carbocycles. The first-order valence-corrected chi connectivity index (χ1v) is 5.91. The predicted molar refractivity (Wildman–Crippen MR) is 61.1 cm³/mol. The van der Waals surface area contributed by atoms with Crippen molar-refractivity contribution >= 4 is 22.6 Å². The maximum atomic E-state index is 5.49. The van der Waals surface area contributed by atoms with Crippen LogP contribution in [0.3, 0.4) is 0 Å². The summed E-state index contributed by atoms with van der Waals surface area (Å²) in [7, 11) is 2.02. The van der Waals surface area contributed by atoms with E-state index in [4.69, 9.17) is 10.5 Å². The minimum absolute atomic E-state index is 0.363. The van der Waals surface area contributed by atoms with Gasteiger partial charge in [-0.05, 0) is 18.8 Å². The largest absolute Gasteiger partial charge is 0.381 e. The molecule has 0 amide bonds. The van der Waals surface area contributed by atoms with Crippen molar-refractivity contribution in [3.05, 3.63) is 0 Å². The van der Waals surface area contributed by atoms with Gasteiger partial charge in [-0.3, -0.25) is 0 Å². The van der Waals surface area contributed by atoms with Crippen LogP contribution in [0.1, 0.15) is 12.8 Å². The lowest BCUT2D eigenvalue weighted by atomic mass is 10.0. The van der Waals surface area contributed by atoms with Crippen molar-refractivity contribution in [1.29, 1.82) is 0 Å². The van der Waals surface area contributed by atoms with Crippen LogP contribution in [-0.2, 0) is 4.74 Å². The molecular formula is C9H16N4OS. The van der Waals surface area contributed by atoms with Crippen LogP contribution < -0.4 is 10.6 Å². The van der Waals surface area contributed by atoms with Crippen LogP contribution in [0.15, 0.2) is 0 Å². The third kappa shape index (κ3) is 2.79. The Morgan fingerprint density at radius 2 is 2.53 bits per heavy atom. The highest BCUT2D eigenvalue weighted by Crippen LogP contribution is 2.20. The van der Waals surface area contributed by atoms with Crippen molar-refractivity contribution in [2.45, 2.75) is 12.8 Å². The number of nitrogen functional groups attached to an aromatic ring is 1. The first-order valence-electron chi connectivity index (χ1n) is 5.14. The second-order valence-corrected chi connectivity index (χ2v) is 4.63. The Hall–Kier alpha value is -0.880. The average molecular weight is 228 g/mol. The van der Waals surface area contributed by atoms with Crippen molar-refractivity contribution in [3.63, 3.8) is 0 Å². The fourth-order valence-corrected chi connectivity index (χ4v) is 2.36. The minimum Gasteiger partial charge on any atom is -0.381 e. The van der Waals surface area contributed by atoms with E-state index in [1.807, 2.05) is 7.05 Å². The summed E-state index contributed by atoms with van der Waals surface area (Å²) in [4.78, 5) is 6.25. The Balaban J connectivity index is 1.88. The van der Waals surface area contributed by atoms with Gasteiger partial charge in [0.05, 0.1) is 6.61 Å². The molecule has 1 aromatic heterocycles. The highest BCUT2D eigenvalue weighted by molar-refractivity contribution is 7.09. The maximum absolute atomic E-state index is 5.49. The molecule has 1 saturated heterocycles. The van der Waals surface area contributed by atoms with E-state index in [1.165, 1.54) is 18.0 Å². The summed E-state index contributed by atoms with van der Waals surface area (Å²) in [5.74, 6) is 0.968. The SMILES string of the molecule is CN(CC1CCCOC1)c1nc(N)ns1. The van der Waals surface area contributed by atoms with Gasteiger partial charge in [0.15, 0.2) is 0 Å². The van der Waals surface area contributed by atoms with Crippen molar-refractivity contribution in [1.82, 2.24) is 9.36 Å². The maximum Gasteiger partial charge on any atom is 0.233 e. The molecule has 0 saturated carbocycles. The average Bonchev–Trinajstić information content (AvgIpc) is 2.66. The Morgan fingerprint density at radius 1 is 1.67 bits per heavy atom. The van der Waals surface area contributed by atoms with Crippen LogP contribution in [0.25, 0.3) is 0 Å². The van der Waals surface area contributed by atoms with E-state index >= 15 is 0 Å². The lowest BCUT2D eigenvalue weighted by Gasteiger charge is -2.26. The Kier molecular flexibility index (Phi) is 3.37. The van der Waals surface area contributed by atoms with Gasteiger partial charge < -0.3 is 15.4 Å². The normalized spacial score (nSPS) is 21.5. The number of hydrogen-bond donors (Lipinski definition) is 1. The Bertz CT molecular complexity index is 311. The lowest BCUT2D eigenvalue weighted by Crippen LogP contribution is -2.30. The third-order valence-corrected chi connectivity index (χ3v) is 3.39. The Morgan fingerprint density at radius 3 is 3.13 bits per heavy atom.